The van der Waals surface area contributed by atoms with Gasteiger partial charge in [0.05, 0.1) is 35.1 Å². The maximum atomic E-state index is 13.9. The first-order valence-electron chi connectivity index (χ1n) is 23.3. The standard InChI is InChI=1S/C20H21ClN2O6.C17H18N4O6S.C13H13ClFN3OS/c1-6-9-28-18(26)20(3,4)29-17(25)14-11-13(7-8-15(14)21)23-16(24)10-12(2)22(5)19(23)27;1-10-7-11(2)19-16(18-10)20-17(23)21-28(24,25)14-6-4-3-5-13(14)15(22)27-12-8-26-9-12;1-8-6-11(10(15)7-9(8)14)16-12-17-4-2-3-5-18(17)13(19)20-12/h6-8,10-11H,1,9H2,2-5H3;3-7,12H,8-9H2,1-2H3,(H2,18,19,20,21,23);6-7H,2-5H2,1H3. The largest absolute Gasteiger partial charge is 0.459 e. The Morgan fingerprint density at radius 3 is 2.22 bits per heavy atom. The second-order valence-electron chi connectivity index (χ2n) is 17.6. The lowest BCUT2D eigenvalue weighted by atomic mass is 10.1. The number of anilines is 1. The van der Waals surface area contributed by atoms with Crippen LogP contribution < -0.4 is 31.0 Å². The molecule has 2 aliphatic rings. The first-order chi connectivity index (χ1) is 36.3. The Morgan fingerprint density at radius 1 is 0.909 bits per heavy atom. The third kappa shape index (κ3) is 14.7. The first-order valence-corrected chi connectivity index (χ1v) is 26.3. The predicted molar refractivity (Wildman–Crippen MR) is 282 cm³/mol. The zero-order valence-corrected chi connectivity index (χ0v) is 45.7. The van der Waals surface area contributed by atoms with E-state index in [1.807, 2.05) is 9.40 Å². The SMILES string of the molecule is C=CCOC(=O)C(C)(C)OC(=O)c1cc(-n2c(=O)cc(C)n(C)c2=O)ccc1Cl.Cc1cc(C)nc(NC(=O)NS(=O)(=O)c2ccccc2C(=O)OC2COC2)n1.Cc1cc(N=c2sc(=O)n3n2CCCC3)c(F)cc1Cl. The lowest BCUT2D eigenvalue weighted by Gasteiger charge is -2.25. The molecular weight excluding hydrogens is 1090 g/mol. The topological polar surface area (TPSA) is 272 Å². The fourth-order valence-corrected chi connectivity index (χ4v) is 9.46. The number of aromatic nitrogens is 6. The molecule has 0 saturated carbocycles. The molecule has 22 nitrogen and oxygen atoms in total. The lowest BCUT2D eigenvalue weighted by Crippen LogP contribution is -2.39. The van der Waals surface area contributed by atoms with E-state index in [4.69, 9.17) is 42.1 Å². The highest BCUT2D eigenvalue weighted by atomic mass is 35.5. The van der Waals surface area contributed by atoms with Gasteiger partial charge in [0.15, 0.2) is 0 Å². The van der Waals surface area contributed by atoms with Crippen LogP contribution >= 0.6 is 34.5 Å². The summed E-state index contributed by atoms with van der Waals surface area (Å²) in [6, 6.07) is 14.3. The number of esters is 3. The number of amides is 2. The summed E-state index contributed by atoms with van der Waals surface area (Å²) in [7, 11) is -2.83. The van der Waals surface area contributed by atoms with Gasteiger partial charge in [-0.1, -0.05) is 48.0 Å². The van der Waals surface area contributed by atoms with Crippen molar-refractivity contribution in [2.75, 3.05) is 25.1 Å². The number of nitrogens with one attached hydrogen (secondary N) is 2. The summed E-state index contributed by atoms with van der Waals surface area (Å²) >= 11 is 13.0. The summed E-state index contributed by atoms with van der Waals surface area (Å²) in [5.41, 5.74) is -0.185. The van der Waals surface area contributed by atoms with Gasteiger partial charge >= 0.3 is 34.5 Å². The number of fused-ring (bicyclic) bond motifs is 1. The summed E-state index contributed by atoms with van der Waals surface area (Å²) < 4.78 is 66.9. The third-order valence-corrected chi connectivity index (χ3v) is 14.2. The molecule has 2 N–H and O–H groups in total. The molecule has 6 aromatic rings. The average Bonchev–Trinajstić information content (AvgIpc) is 3.68. The molecule has 3 aromatic heterocycles. The van der Waals surface area contributed by atoms with E-state index in [0.29, 0.717) is 33.5 Å². The second-order valence-corrected chi connectivity index (χ2v) is 21.0. The van der Waals surface area contributed by atoms with Crippen LogP contribution in [0.5, 0.6) is 0 Å². The Hall–Kier alpha value is -7.58. The molecule has 3 aromatic carbocycles. The molecule has 0 spiro atoms. The van der Waals surface area contributed by atoms with E-state index in [-0.39, 0.29) is 63.1 Å². The van der Waals surface area contributed by atoms with Crippen molar-refractivity contribution in [3.63, 3.8) is 0 Å². The summed E-state index contributed by atoms with van der Waals surface area (Å²) in [6.45, 7) is 15.0. The minimum Gasteiger partial charge on any atom is -0.459 e. The molecule has 2 amide bonds. The number of carbonyl (C=O) groups excluding carboxylic acids is 4. The number of hydrogen-bond acceptors (Lipinski definition) is 17. The van der Waals surface area contributed by atoms with Crippen LogP contribution in [-0.2, 0) is 53.9 Å². The number of aryl methyl sites for hydroxylation is 4. The van der Waals surface area contributed by atoms with Crippen LogP contribution in [0.3, 0.4) is 0 Å². The fraction of sp³-hybridized carbons (Fsp3) is 0.320. The van der Waals surface area contributed by atoms with Crippen molar-refractivity contribution in [2.45, 2.75) is 84.1 Å². The number of nitrogens with zero attached hydrogens (tertiary/aromatic N) is 7. The summed E-state index contributed by atoms with van der Waals surface area (Å²) in [5.74, 6) is -3.00. The van der Waals surface area contributed by atoms with Gasteiger partial charge in [-0.15, -0.1) is 0 Å². The molecule has 0 atom stereocenters. The van der Waals surface area contributed by atoms with E-state index < -0.39 is 62.7 Å². The van der Waals surface area contributed by atoms with Crippen molar-refractivity contribution in [3.8, 4) is 5.69 Å². The minimum absolute atomic E-state index is 0.0321. The molecule has 0 unspecified atom stereocenters. The van der Waals surface area contributed by atoms with Gasteiger partial charge in [-0.2, -0.15) is 0 Å². The van der Waals surface area contributed by atoms with E-state index >= 15 is 0 Å². The molecule has 408 valence electrons. The maximum absolute atomic E-state index is 13.9. The van der Waals surface area contributed by atoms with E-state index in [2.05, 4.69) is 26.9 Å². The van der Waals surface area contributed by atoms with Gasteiger partial charge in [0, 0.05) is 48.3 Å². The predicted octanol–water partition coefficient (Wildman–Crippen LogP) is 6.16. The van der Waals surface area contributed by atoms with Crippen molar-refractivity contribution >= 4 is 80.1 Å². The fourth-order valence-electron chi connectivity index (χ4n) is 7.12. The molecule has 0 bridgehead atoms. The van der Waals surface area contributed by atoms with Crippen LogP contribution in [0.15, 0.2) is 104 Å². The van der Waals surface area contributed by atoms with Crippen molar-refractivity contribution in [1.82, 2.24) is 33.2 Å². The van der Waals surface area contributed by atoms with Gasteiger partial charge in [0.25, 0.3) is 15.6 Å². The normalized spacial score (nSPS) is 13.3. The Bertz CT molecular complexity index is 3640. The monoisotopic (exact) mass is 1140 g/mol. The number of sulfonamides is 1. The van der Waals surface area contributed by atoms with Crippen molar-refractivity contribution < 1.29 is 50.9 Å². The zero-order valence-electron chi connectivity index (χ0n) is 42.6. The van der Waals surface area contributed by atoms with Crippen LogP contribution in [0.1, 0.15) is 70.1 Å². The molecule has 5 heterocycles. The number of halogens is 3. The molecule has 2 aliphatic heterocycles. The van der Waals surface area contributed by atoms with Crippen LogP contribution in [0.4, 0.5) is 20.8 Å². The molecule has 77 heavy (non-hydrogen) atoms. The second kappa shape index (κ2) is 25.1. The molecule has 0 radical (unpaired) electrons. The van der Waals surface area contributed by atoms with Crippen LogP contribution in [0.25, 0.3) is 5.69 Å². The highest BCUT2D eigenvalue weighted by Gasteiger charge is 2.35. The van der Waals surface area contributed by atoms with Gasteiger partial charge in [0.1, 0.15) is 29.1 Å². The van der Waals surface area contributed by atoms with Gasteiger partial charge in [-0.05, 0) is 120 Å². The average molecular weight is 1140 g/mol. The molecule has 27 heteroatoms. The number of benzene rings is 3. The molecule has 1 fully saturated rings. The van der Waals surface area contributed by atoms with Crippen molar-refractivity contribution in [3.05, 3.63) is 164 Å². The summed E-state index contributed by atoms with van der Waals surface area (Å²) in [6.07, 6.45) is 2.97. The Labute approximate surface area is 453 Å². The van der Waals surface area contributed by atoms with E-state index in [0.717, 1.165) is 40.9 Å². The van der Waals surface area contributed by atoms with Crippen LogP contribution in [-0.4, -0.2) is 92.3 Å². The quantitative estimate of drug-likeness (QED) is 0.0789. The van der Waals surface area contributed by atoms with Crippen molar-refractivity contribution in [1.29, 1.82) is 0 Å². The highest BCUT2D eigenvalue weighted by Crippen LogP contribution is 2.26. The van der Waals surface area contributed by atoms with Crippen LogP contribution in [0, 0.1) is 33.5 Å². The number of carbonyl (C=O) groups is 4. The number of rotatable bonds is 12. The molecule has 1 saturated heterocycles. The Balaban J connectivity index is 0.000000190. The summed E-state index contributed by atoms with van der Waals surface area (Å²) in [5, 5.41) is 2.67. The van der Waals surface area contributed by atoms with Crippen LogP contribution in [0.2, 0.25) is 10.0 Å². The smallest absolute Gasteiger partial charge is 0.350 e. The van der Waals surface area contributed by atoms with Gasteiger partial charge in [-0.3, -0.25) is 19.6 Å². The molecular formula is C50H52Cl2FN9O13S2. The number of ether oxygens (including phenoxy) is 4. The molecule has 0 aliphatic carbocycles. The molecule has 8 rings (SSSR count). The van der Waals surface area contributed by atoms with E-state index in [9.17, 15) is 46.4 Å². The lowest BCUT2D eigenvalue weighted by molar-refractivity contribution is -0.161. The van der Waals surface area contributed by atoms with Crippen molar-refractivity contribution in [2.24, 2.45) is 12.0 Å². The first kappa shape index (κ1) is 58.7. The minimum atomic E-state index is -4.35. The number of hydrogen-bond donors (Lipinski definition) is 2. The Morgan fingerprint density at radius 2 is 1.57 bits per heavy atom. The van der Waals surface area contributed by atoms with E-state index in [1.54, 1.807) is 44.5 Å². The maximum Gasteiger partial charge on any atom is 0.350 e. The zero-order chi connectivity index (χ0) is 56.5. The highest BCUT2D eigenvalue weighted by molar-refractivity contribution is 7.90. The van der Waals surface area contributed by atoms with Gasteiger partial charge in [0.2, 0.25) is 16.4 Å². The Kier molecular flexibility index (Phi) is 19.1. The van der Waals surface area contributed by atoms with Gasteiger partial charge < -0.3 is 23.5 Å². The van der Waals surface area contributed by atoms with E-state index in [1.165, 1.54) is 86.1 Å². The summed E-state index contributed by atoms with van der Waals surface area (Å²) in [4.78, 5) is 98.2. The van der Waals surface area contributed by atoms with Gasteiger partial charge in [-0.25, -0.2) is 65.7 Å². The number of urea groups is 1. The third-order valence-electron chi connectivity index (χ3n) is 11.2.